The van der Waals surface area contributed by atoms with Crippen LogP contribution in [0.2, 0.25) is 0 Å². The van der Waals surface area contributed by atoms with Gasteiger partial charge >= 0.3 is 5.97 Å². The van der Waals surface area contributed by atoms with Gasteiger partial charge in [0.05, 0.1) is 0 Å². The van der Waals surface area contributed by atoms with Crippen LogP contribution < -0.4 is 5.32 Å². The van der Waals surface area contributed by atoms with Crippen LogP contribution in [-0.2, 0) is 4.79 Å². The van der Waals surface area contributed by atoms with Gasteiger partial charge in [0.1, 0.15) is 6.04 Å². The number of aliphatic carboxylic acids is 1. The van der Waals surface area contributed by atoms with Crippen molar-refractivity contribution in [1.82, 2.24) is 10.2 Å². The zero-order chi connectivity index (χ0) is 11.1. The van der Waals surface area contributed by atoms with E-state index >= 15 is 0 Å². The molecule has 1 aliphatic rings. The first-order valence-electron chi connectivity index (χ1n) is 5.86. The van der Waals surface area contributed by atoms with Crippen LogP contribution in [0.15, 0.2) is 0 Å². The first kappa shape index (κ1) is 12.5. The van der Waals surface area contributed by atoms with Gasteiger partial charge in [-0.3, -0.25) is 4.79 Å². The number of likely N-dealkylation sites (N-methyl/N-ethyl adjacent to an activating group) is 1. The number of likely N-dealkylation sites (tertiary alicyclic amines) is 1. The van der Waals surface area contributed by atoms with Gasteiger partial charge in [0, 0.05) is 0 Å². The van der Waals surface area contributed by atoms with Gasteiger partial charge in [-0.25, -0.2) is 0 Å². The maximum absolute atomic E-state index is 10.7. The molecule has 1 saturated heterocycles. The van der Waals surface area contributed by atoms with Gasteiger partial charge in [-0.15, -0.1) is 0 Å². The average Bonchev–Trinajstić information content (AvgIpc) is 2.25. The van der Waals surface area contributed by atoms with Crippen molar-refractivity contribution < 1.29 is 9.90 Å². The Kier molecular flexibility index (Phi) is 5.65. The average molecular weight is 214 g/mol. The molecule has 0 aromatic heterocycles. The van der Waals surface area contributed by atoms with Crippen molar-refractivity contribution in [3.8, 4) is 0 Å². The lowest BCUT2D eigenvalue weighted by atomic mass is 10.1. The first-order chi connectivity index (χ1) is 7.24. The molecule has 0 aliphatic carbocycles. The van der Waals surface area contributed by atoms with Gasteiger partial charge in [-0.2, -0.15) is 0 Å². The molecular weight excluding hydrogens is 192 g/mol. The van der Waals surface area contributed by atoms with Crippen molar-refractivity contribution >= 4 is 5.97 Å². The Morgan fingerprint density at radius 1 is 1.40 bits per heavy atom. The fourth-order valence-electron chi connectivity index (χ4n) is 2.09. The summed E-state index contributed by atoms with van der Waals surface area (Å²) in [4.78, 5) is 13.2. The summed E-state index contributed by atoms with van der Waals surface area (Å²) in [5.41, 5.74) is 0. The molecule has 1 rings (SSSR count). The molecule has 0 bridgehead atoms. The van der Waals surface area contributed by atoms with Crippen molar-refractivity contribution in [2.45, 2.75) is 38.1 Å². The van der Waals surface area contributed by atoms with Crippen LogP contribution in [-0.4, -0.2) is 48.7 Å². The van der Waals surface area contributed by atoms with Crippen molar-refractivity contribution in [1.29, 1.82) is 0 Å². The Morgan fingerprint density at radius 2 is 2.07 bits per heavy atom. The molecule has 0 spiro atoms. The summed E-state index contributed by atoms with van der Waals surface area (Å²) >= 11 is 0. The van der Waals surface area contributed by atoms with Crippen molar-refractivity contribution in [2.24, 2.45) is 0 Å². The second-order valence-electron chi connectivity index (χ2n) is 4.22. The molecule has 1 heterocycles. The quantitative estimate of drug-likeness (QED) is 0.690. The highest BCUT2D eigenvalue weighted by Crippen LogP contribution is 2.09. The summed E-state index contributed by atoms with van der Waals surface area (Å²) in [5, 5.41) is 11.7. The van der Waals surface area contributed by atoms with E-state index in [9.17, 15) is 4.79 Å². The van der Waals surface area contributed by atoms with Crippen LogP contribution in [0.5, 0.6) is 0 Å². The maximum Gasteiger partial charge on any atom is 0.320 e. The summed E-state index contributed by atoms with van der Waals surface area (Å²) in [7, 11) is 1.71. The molecule has 4 heteroatoms. The normalized spacial score (nSPS) is 20.1. The van der Waals surface area contributed by atoms with Crippen LogP contribution in [0.3, 0.4) is 0 Å². The Morgan fingerprint density at radius 3 is 2.60 bits per heavy atom. The Balaban J connectivity index is 2.11. The lowest BCUT2D eigenvalue weighted by Gasteiger charge is -2.26. The molecule has 0 aromatic carbocycles. The third-order valence-corrected chi connectivity index (χ3v) is 3.06. The Hall–Kier alpha value is -0.610. The predicted molar refractivity (Wildman–Crippen MR) is 60.0 cm³/mol. The van der Waals surface area contributed by atoms with Gasteiger partial charge in [-0.1, -0.05) is 6.42 Å². The van der Waals surface area contributed by atoms with Gasteiger partial charge in [-0.05, 0) is 52.4 Å². The molecule has 4 nitrogen and oxygen atoms in total. The van der Waals surface area contributed by atoms with Crippen molar-refractivity contribution in [3.63, 3.8) is 0 Å². The molecule has 1 unspecified atom stereocenters. The molecule has 0 saturated carbocycles. The van der Waals surface area contributed by atoms with Crippen LogP contribution in [0.4, 0.5) is 0 Å². The zero-order valence-electron chi connectivity index (χ0n) is 9.54. The van der Waals surface area contributed by atoms with E-state index in [4.69, 9.17) is 5.11 Å². The summed E-state index contributed by atoms with van der Waals surface area (Å²) in [6.07, 6.45) is 5.65. The minimum atomic E-state index is -0.740. The number of carboxylic acids is 1. The lowest BCUT2D eigenvalue weighted by molar-refractivity contribution is -0.139. The van der Waals surface area contributed by atoms with Crippen molar-refractivity contribution in [2.75, 3.05) is 26.7 Å². The topological polar surface area (TPSA) is 52.6 Å². The van der Waals surface area contributed by atoms with E-state index < -0.39 is 5.97 Å². The molecule has 0 radical (unpaired) electrons. The highest BCUT2D eigenvalue weighted by molar-refractivity contribution is 5.73. The van der Waals surface area contributed by atoms with E-state index in [0.29, 0.717) is 0 Å². The number of hydrogen-bond acceptors (Lipinski definition) is 3. The number of nitrogens with one attached hydrogen (secondary N) is 1. The molecule has 1 atom stereocenters. The third kappa shape index (κ3) is 4.62. The molecule has 88 valence electrons. The number of rotatable bonds is 6. The van der Waals surface area contributed by atoms with Crippen molar-refractivity contribution in [3.05, 3.63) is 0 Å². The highest BCUT2D eigenvalue weighted by atomic mass is 16.4. The fraction of sp³-hybridized carbons (Fsp3) is 0.909. The number of piperidine rings is 1. The van der Waals surface area contributed by atoms with E-state index in [1.165, 1.54) is 32.4 Å². The van der Waals surface area contributed by atoms with E-state index in [0.717, 1.165) is 19.4 Å². The highest BCUT2D eigenvalue weighted by Gasteiger charge is 2.15. The second-order valence-corrected chi connectivity index (χ2v) is 4.22. The molecule has 1 fully saturated rings. The second kappa shape index (κ2) is 6.80. The predicted octanol–water partition coefficient (Wildman–Crippen LogP) is 0.925. The molecule has 0 amide bonds. The zero-order valence-corrected chi connectivity index (χ0v) is 9.54. The standard InChI is InChI=1S/C11H22N2O2/c1-12-10(11(14)15)6-5-9-13-7-3-2-4-8-13/h10,12H,2-9H2,1H3,(H,14,15). The van der Waals surface area contributed by atoms with Gasteiger partial charge < -0.3 is 15.3 Å². The summed E-state index contributed by atoms with van der Waals surface area (Å²) in [6, 6.07) is -0.380. The van der Waals surface area contributed by atoms with E-state index in [2.05, 4.69) is 10.2 Å². The SMILES string of the molecule is CNC(CCCN1CCCCC1)C(=O)O. The maximum atomic E-state index is 10.7. The van der Waals surface area contributed by atoms with E-state index in [-0.39, 0.29) is 6.04 Å². The minimum absolute atomic E-state index is 0.380. The van der Waals surface area contributed by atoms with Crippen LogP contribution in [0.1, 0.15) is 32.1 Å². The van der Waals surface area contributed by atoms with Crippen LogP contribution >= 0.6 is 0 Å². The smallest absolute Gasteiger partial charge is 0.320 e. The van der Waals surface area contributed by atoms with Gasteiger partial charge in [0.15, 0.2) is 0 Å². The molecule has 1 aliphatic heterocycles. The number of hydrogen-bond donors (Lipinski definition) is 2. The van der Waals surface area contributed by atoms with E-state index in [1.807, 2.05) is 0 Å². The number of carboxylic acid groups (broad SMARTS) is 1. The summed E-state index contributed by atoms with van der Waals surface area (Å²) in [5.74, 6) is -0.740. The number of nitrogens with zero attached hydrogens (tertiary/aromatic N) is 1. The first-order valence-corrected chi connectivity index (χ1v) is 5.86. The molecule has 15 heavy (non-hydrogen) atoms. The lowest BCUT2D eigenvalue weighted by Crippen LogP contribution is -2.36. The van der Waals surface area contributed by atoms with Gasteiger partial charge in [0.2, 0.25) is 0 Å². The Labute approximate surface area is 91.6 Å². The number of carbonyl (C=O) groups is 1. The van der Waals surface area contributed by atoms with E-state index in [1.54, 1.807) is 7.05 Å². The third-order valence-electron chi connectivity index (χ3n) is 3.06. The van der Waals surface area contributed by atoms with Crippen LogP contribution in [0, 0.1) is 0 Å². The summed E-state index contributed by atoms with van der Waals surface area (Å²) < 4.78 is 0. The summed E-state index contributed by atoms with van der Waals surface area (Å²) in [6.45, 7) is 3.43. The molecule has 0 aromatic rings. The molecule has 2 N–H and O–H groups in total. The van der Waals surface area contributed by atoms with Gasteiger partial charge in [0.25, 0.3) is 0 Å². The largest absolute Gasteiger partial charge is 0.480 e. The monoisotopic (exact) mass is 214 g/mol. The van der Waals surface area contributed by atoms with Crippen LogP contribution in [0.25, 0.3) is 0 Å². The minimum Gasteiger partial charge on any atom is -0.480 e. The Bertz CT molecular complexity index is 191. The molecular formula is C11H22N2O2. The fourth-order valence-corrected chi connectivity index (χ4v) is 2.09.